The van der Waals surface area contributed by atoms with E-state index in [0.717, 1.165) is 26.2 Å². The number of nitrogens with zero attached hydrogens (tertiary/aromatic N) is 4. The topological polar surface area (TPSA) is 15.5 Å². The lowest BCUT2D eigenvalue weighted by atomic mass is 9.91. The van der Waals surface area contributed by atoms with E-state index in [2.05, 4.69) is 189 Å². The van der Waals surface area contributed by atoms with Gasteiger partial charge < -0.3 is 0 Å². The molecular weight excluding hydrogens is 585 g/mol. The molecule has 24 rings (SSSR count). The van der Waals surface area contributed by atoms with Gasteiger partial charge in [0.2, 0.25) is 0 Å². The van der Waals surface area contributed by atoms with Crippen molar-refractivity contribution < 1.29 is 18.3 Å². The van der Waals surface area contributed by atoms with E-state index in [0.29, 0.717) is 0 Å². The van der Waals surface area contributed by atoms with Crippen molar-refractivity contribution in [3.05, 3.63) is 193 Å². The van der Waals surface area contributed by atoms with Gasteiger partial charge in [0.1, 0.15) is 0 Å². The van der Waals surface area contributed by atoms with Gasteiger partial charge in [-0.25, -0.2) is 18.3 Å². The lowest BCUT2D eigenvalue weighted by Gasteiger charge is -2.14. The molecule has 0 atom stereocenters. The minimum atomic E-state index is 0.800. The summed E-state index contributed by atoms with van der Waals surface area (Å²) in [7, 11) is 0. The largest absolute Gasteiger partial charge is 0.201 e. The van der Waals surface area contributed by atoms with Crippen LogP contribution < -0.4 is 18.3 Å². The summed E-state index contributed by atoms with van der Waals surface area (Å²) in [6.45, 7) is 3.28. The first-order valence-electron chi connectivity index (χ1n) is 16.7. The van der Waals surface area contributed by atoms with E-state index in [-0.39, 0.29) is 0 Å². The normalized spacial score (nSPS) is 12.7. The molecule has 0 saturated heterocycles. The molecule has 0 radical (unpaired) electrons. The first-order chi connectivity index (χ1) is 23.7. The van der Waals surface area contributed by atoms with Crippen LogP contribution in [0.15, 0.2) is 171 Å². The molecule has 20 heterocycles. The Morgan fingerprint density at radius 1 is 0.271 bits per heavy atom. The third-order valence-electron chi connectivity index (χ3n) is 9.82. The molecule has 16 aliphatic rings. The third-order valence-corrected chi connectivity index (χ3v) is 9.82. The highest BCUT2D eigenvalue weighted by atomic mass is 14.9. The van der Waals surface area contributed by atoms with Gasteiger partial charge in [0.05, 0.1) is 0 Å². The lowest BCUT2D eigenvalue weighted by Crippen LogP contribution is -2.35. The summed E-state index contributed by atoms with van der Waals surface area (Å²) in [4.78, 5) is 0. The maximum absolute atomic E-state index is 2.30. The Hall–Kier alpha value is -6.00. The second kappa shape index (κ2) is 12.0. The van der Waals surface area contributed by atoms with Crippen molar-refractivity contribution in [3.63, 3.8) is 0 Å². The standard InChI is InChI=1S/C44H36N4/c1-2-6-40-39(5-1)43-31-47-25-17-37(18-26-47)35-13-21-45(22-14-35)29-33-9-11-34(12-10-33)30-46-23-15-36(16-24-46)38-19-27-48(28-20-38)32-44(40)42-8-4-3-7-41(42)43/h1-28H,29-32H2/q+4. The van der Waals surface area contributed by atoms with E-state index < -0.39 is 0 Å². The van der Waals surface area contributed by atoms with Gasteiger partial charge in [0.25, 0.3) is 0 Å². The summed E-state index contributed by atoms with van der Waals surface area (Å²) in [5, 5.41) is 5.25. The van der Waals surface area contributed by atoms with Crippen molar-refractivity contribution in [2.45, 2.75) is 26.2 Å². The van der Waals surface area contributed by atoms with Crippen molar-refractivity contribution in [2.24, 2.45) is 0 Å². The van der Waals surface area contributed by atoms with Crippen molar-refractivity contribution in [1.29, 1.82) is 0 Å². The number of hydrogen-bond acceptors (Lipinski definition) is 0. The van der Waals surface area contributed by atoms with Crippen LogP contribution in [-0.2, 0) is 26.2 Å². The van der Waals surface area contributed by atoms with Gasteiger partial charge in [-0.1, -0.05) is 72.8 Å². The van der Waals surface area contributed by atoms with Gasteiger partial charge in [-0.3, -0.25) is 0 Å². The van der Waals surface area contributed by atoms with E-state index in [1.54, 1.807) is 0 Å². The number of aromatic nitrogens is 4. The van der Waals surface area contributed by atoms with E-state index in [9.17, 15) is 0 Å². The molecule has 12 bridgehead atoms. The average Bonchev–Trinajstić information content (AvgIpc) is 3.15. The Morgan fingerprint density at radius 3 is 0.792 bits per heavy atom. The molecule has 0 amide bonds. The molecule has 0 unspecified atom stereocenters. The predicted molar refractivity (Wildman–Crippen MR) is 189 cm³/mol. The summed E-state index contributed by atoms with van der Waals surface area (Å²) in [5.41, 5.74) is 10.2. The number of pyridine rings is 4. The van der Waals surface area contributed by atoms with Crippen LogP contribution in [0.1, 0.15) is 22.3 Å². The summed E-state index contributed by atoms with van der Waals surface area (Å²) in [5.74, 6) is 0. The molecule has 8 aromatic rings. The zero-order valence-electron chi connectivity index (χ0n) is 26.8. The molecule has 0 N–H and O–H groups in total. The van der Waals surface area contributed by atoms with Crippen molar-refractivity contribution in [1.82, 2.24) is 0 Å². The Labute approximate surface area is 280 Å². The molecule has 0 saturated carbocycles. The SMILES string of the molecule is c1ccc2c3c4ccccc4c(c2c1)C[n+]1ccc(cc1)-c1cc[n+](cc1)Cc1ccc(cc1)C[n+]1ccc(cc1)-c1cc[n+](cc1)C3. The quantitative estimate of drug-likeness (QED) is 0.128. The zero-order chi connectivity index (χ0) is 31.9. The molecule has 4 aromatic heterocycles. The van der Waals surface area contributed by atoms with E-state index >= 15 is 0 Å². The van der Waals surface area contributed by atoms with Crippen LogP contribution in [0.3, 0.4) is 0 Å². The number of hydrogen-bond donors (Lipinski definition) is 0. The highest BCUT2D eigenvalue weighted by Gasteiger charge is 2.19. The highest BCUT2D eigenvalue weighted by molar-refractivity contribution is 6.05. The van der Waals surface area contributed by atoms with Crippen molar-refractivity contribution in [2.75, 3.05) is 0 Å². The summed E-state index contributed by atoms with van der Waals surface area (Å²) >= 11 is 0. The van der Waals surface area contributed by atoms with Crippen LogP contribution in [0.25, 0.3) is 43.8 Å². The molecular formula is C44H36N4+4. The Kier molecular flexibility index (Phi) is 7.05. The number of rotatable bonds is 0. The van der Waals surface area contributed by atoms with E-state index in [1.807, 2.05) is 0 Å². The molecule has 0 aliphatic carbocycles. The summed E-state index contributed by atoms with van der Waals surface area (Å²) < 4.78 is 9.10. The molecule has 48 heavy (non-hydrogen) atoms. The fourth-order valence-corrected chi connectivity index (χ4v) is 7.21. The van der Waals surface area contributed by atoms with Crippen LogP contribution in [0, 0.1) is 0 Å². The second-order valence-electron chi connectivity index (χ2n) is 12.9. The van der Waals surface area contributed by atoms with Gasteiger partial charge in [-0.05, 0) is 43.8 Å². The van der Waals surface area contributed by atoms with Gasteiger partial charge in [0.15, 0.2) is 75.8 Å². The van der Waals surface area contributed by atoms with E-state index in [1.165, 1.54) is 66.1 Å². The van der Waals surface area contributed by atoms with Gasteiger partial charge in [-0.2, -0.15) is 0 Å². The molecule has 4 aromatic carbocycles. The molecule has 228 valence electrons. The van der Waals surface area contributed by atoms with Crippen LogP contribution in [0.2, 0.25) is 0 Å². The Bertz CT molecular complexity index is 2170. The second-order valence-corrected chi connectivity index (χ2v) is 12.9. The van der Waals surface area contributed by atoms with Crippen LogP contribution >= 0.6 is 0 Å². The van der Waals surface area contributed by atoms with Gasteiger partial charge in [-0.15, -0.1) is 0 Å². The lowest BCUT2D eigenvalue weighted by molar-refractivity contribution is -0.688. The molecule has 0 spiro atoms. The van der Waals surface area contributed by atoms with Crippen LogP contribution in [0.4, 0.5) is 0 Å². The van der Waals surface area contributed by atoms with Crippen LogP contribution in [0.5, 0.6) is 0 Å². The Morgan fingerprint density at radius 2 is 0.521 bits per heavy atom. The fraction of sp³-hybridized carbons (Fsp3) is 0.0909. The first-order valence-corrected chi connectivity index (χ1v) is 16.7. The van der Waals surface area contributed by atoms with Gasteiger partial charge >= 0.3 is 0 Å². The van der Waals surface area contributed by atoms with Crippen molar-refractivity contribution >= 4 is 21.5 Å². The summed E-state index contributed by atoms with van der Waals surface area (Å²) in [6.07, 6.45) is 17.6. The van der Waals surface area contributed by atoms with Crippen LogP contribution in [-0.4, -0.2) is 0 Å². The minimum Gasteiger partial charge on any atom is -0.201 e. The molecule has 0 fully saturated rings. The smallest absolute Gasteiger partial charge is 0.175 e. The minimum absolute atomic E-state index is 0.800. The monoisotopic (exact) mass is 620 g/mol. The maximum Gasteiger partial charge on any atom is 0.175 e. The number of benzene rings is 4. The summed E-state index contributed by atoms with van der Waals surface area (Å²) in [6, 6.07) is 44.6. The fourth-order valence-electron chi connectivity index (χ4n) is 7.21. The zero-order valence-corrected chi connectivity index (χ0v) is 26.8. The molecule has 4 heteroatoms. The predicted octanol–water partition coefficient (Wildman–Crippen LogP) is 6.98. The average molecular weight is 621 g/mol. The third kappa shape index (κ3) is 5.41. The maximum atomic E-state index is 2.30. The molecule has 16 aliphatic heterocycles. The highest BCUT2D eigenvalue weighted by Crippen LogP contribution is 2.33. The Balaban J connectivity index is 1.15. The van der Waals surface area contributed by atoms with Crippen molar-refractivity contribution in [3.8, 4) is 22.3 Å². The van der Waals surface area contributed by atoms with E-state index in [4.69, 9.17) is 0 Å². The molecule has 4 nitrogen and oxygen atoms in total. The first kappa shape index (κ1) is 28.2. The van der Waals surface area contributed by atoms with Gasteiger partial charge in [0, 0.05) is 70.8 Å².